The third kappa shape index (κ3) is 8.64. The van der Waals surface area contributed by atoms with Crippen LogP contribution in [0, 0.1) is 5.92 Å². The summed E-state index contributed by atoms with van der Waals surface area (Å²) in [7, 11) is 0. The summed E-state index contributed by atoms with van der Waals surface area (Å²) in [6.07, 6.45) is 4.26. The Kier molecular flexibility index (Phi) is 10.5. The van der Waals surface area contributed by atoms with Crippen LogP contribution in [0.5, 0.6) is 0 Å². The van der Waals surface area contributed by atoms with E-state index in [1.165, 1.54) is 0 Å². The first-order valence-electron chi connectivity index (χ1n) is 10.3. The van der Waals surface area contributed by atoms with Gasteiger partial charge in [-0.2, -0.15) is 0 Å². The molecule has 0 radical (unpaired) electrons. The monoisotopic (exact) mass is 412 g/mol. The molecule has 1 unspecified atom stereocenters. The Balaban J connectivity index is 2.56. The molecule has 1 aliphatic heterocycles. The van der Waals surface area contributed by atoms with Gasteiger partial charge in [-0.3, -0.25) is 14.4 Å². The van der Waals surface area contributed by atoms with Gasteiger partial charge in [-0.15, -0.1) is 6.58 Å². The summed E-state index contributed by atoms with van der Waals surface area (Å²) in [5, 5.41) is 24.0. The van der Waals surface area contributed by atoms with Crippen molar-refractivity contribution in [3.63, 3.8) is 0 Å². The van der Waals surface area contributed by atoms with Crippen molar-refractivity contribution in [3.8, 4) is 0 Å². The molecule has 8 nitrogen and oxygen atoms in total. The van der Waals surface area contributed by atoms with E-state index in [4.69, 9.17) is 4.74 Å². The third-order valence-electron chi connectivity index (χ3n) is 4.90. The molecule has 0 bridgehead atoms. The maximum atomic E-state index is 12.6. The molecule has 1 rings (SSSR count). The maximum absolute atomic E-state index is 12.6. The van der Waals surface area contributed by atoms with Crippen LogP contribution in [0.25, 0.3) is 0 Å². The molecule has 29 heavy (non-hydrogen) atoms. The number of rotatable bonds is 15. The fourth-order valence-electron chi connectivity index (χ4n) is 3.02. The number of Topliss-reactive ketones (excluding diaryl/α,β-unsaturated/α-hetero) is 1. The van der Waals surface area contributed by atoms with E-state index < -0.39 is 42.6 Å². The average molecular weight is 413 g/mol. The van der Waals surface area contributed by atoms with Crippen LogP contribution in [0.1, 0.15) is 59.3 Å². The summed E-state index contributed by atoms with van der Waals surface area (Å²) in [4.78, 5) is 37.2. The largest absolute Gasteiger partial charge is 0.394 e. The molecule has 0 aromatic carbocycles. The fourth-order valence-corrected chi connectivity index (χ4v) is 3.02. The van der Waals surface area contributed by atoms with Crippen molar-refractivity contribution in [2.24, 2.45) is 5.92 Å². The lowest BCUT2D eigenvalue weighted by Gasteiger charge is -2.23. The van der Waals surface area contributed by atoms with Gasteiger partial charge in [-0.05, 0) is 25.7 Å². The van der Waals surface area contributed by atoms with Crippen LogP contribution in [-0.4, -0.2) is 65.3 Å². The van der Waals surface area contributed by atoms with Crippen LogP contribution in [0.15, 0.2) is 12.2 Å². The van der Waals surface area contributed by atoms with E-state index in [-0.39, 0.29) is 25.4 Å². The Morgan fingerprint density at radius 2 is 1.76 bits per heavy atom. The first kappa shape index (κ1) is 25.3. The van der Waals surface area contributed by atoms with Crippen molar-refractivity contribution >= 4 is 17.6 Å². The molecule has 1 saturated heterocycles. The number of unbranched alkanes of at least 4 members (excludes halogenated alkanes) is 2. The van der Waals surface area contributed by atoms with E-state index in [9.17, 15) is 24.6 Å². The second-order valence-corrected chi connectivity index (χ2v) is 8.32. The first-order chi connectivity index (χ1) is 13.6. The van der Waals surface area contributed by atoms with Crippen LogP contribution in [0.2, 0.25) is 0 Å². The first-order valence-corrected chi connectivity index (χ1v) is 10.3. The highest BCUT2D eigenvalue weighted by Crippen LogP contribution is 2.29. The van der Waals surface area contributed by atoms with Crippen LogP contribution >= 0.6 is 0 Å². The number of carbonyl (C=O) groups excluding carboxylic acids is 3. The molecule has 166 valence electrons. The zero-order valence-electron chi connectivity index (χ0n) is 17.8. The van der Waals surface area contributed by atoms with Crippen LogP contribution in [0.4, 0.5) is 0 Å². The SMILES string of the molecule is C=C(C)C[C@H](NC(=O)[C@H](CO)NC(=O)CCCCCC(C)C)C(=O)C1(CO)CO1. The lowest BCUT2D eigenvalue weighted by molar-refractivity contribution is -0.134. The normalized spacial score (nSPS) is 20.1. The molecule has 0 aromatic heterocycles. The number of nitrogens with one attached hydrogen (secondary N) is 2. The van der Waals surface area contributed by atoms with Gasteiger partial charge in [0.05, 0.1) is 25.9 Å². The van der Waals surface area contributed by atoms with Gasteiger partial charge in [0.25, 0.3) is 0 Å². The van der Waals surface area contributed by atoms with Crippen molar-refractivity contribution in [1.29, 1.82) is 0 Å². The van der Waals surface area contributed by atoms with Crippen molar-refractivity contribution in [1.82, 2.24) is 10.6 Å². The molecule has 0 aliphatic carbocycles. The van der Waals surface area contributed by atoms with Crippen molar-refractivity contribution in [2.45, 2.75) is 77.0 Å². The van der Waals surface area contributed by atoms with E-state index in [1.54, 1.807) is 6.92 Å². The van der Waals surface area contributed by atoms with Crippen LogP contribution in [0.3, 0.4) is 0 Å². The average Bonchev–Trinajstić information content (AvgIpc) is 3.45. The summed E-state index contributed by atoms with van der Waals surface area (Å²) >= 11 is 0. The highest BCUT2D eigenvalue weighted by molar-refractivity contribution is 5.98. The number of hydrogen-bond donors (Lipinski definition) is 4. The Bertz CT molecular complexity index is 586. The van der Waals surface area contributed by atoms with Gasteiger partial charge in [0.15, 0.2) is 11.4 Å². The number of epoxide rings is 1. The van der Waals surface area contributed by atoms with E-state index in [1.807, 2.05) is 0 Å². The number of aliphatic hydroxyl groups excluding tert-OH is 2. The zero-order valence-corrected chi connectivity index (χ0v) is 17.8. The van der Waals surface area contributed by atoms with Gasteiger partial charge in [-0.1, -0.05) is 38.7 Å². The lowest BCUT2D eigenvalue weighted by Crippen LogP contribution is -2.55. The summed E-state index contributed by atoms with van der Waals surface area (Å²) in [5.74, 6) is -0.783. The highest BCUT2D eigenvalue weighted by Gasteiger charge is 2.54. The summed E-state index contributed by atoms with van der Waals surface area (Å²) in [6, 6.07) is -2.10. The molecule has 0 saturated carbocycles. The smallest absolute Gasteiger partial charge is 0.245 e. The van der Waals surface area contributed by atoms with Gasteiger partial charge in [0.1, 0.15) is 6.04 Å². The van der Waals surface area contributed by atoms with Crippen LogP contribution < -0.4 is 10.6 Å². The van der Waals surface area contributed by atoms with Crippen molar-refractivity contribution in [2.75, 3.05) is 19.8 Å². The predicted octanol–water partition coefficient (Wildman–Crippen LogP) is 0.851. The molecule has 0 spiro atoms. The molecule has 3 atom stereocenters. The number of hydrogen-bond acceptors (Lipinski definition) is 6. The predicted molar refractivity (Wildman–Crippen MR) is 109 cm³/mol. The number of aliphatic hydroxyl groups is 2. The quantitative estimate of drug-likeness (QED) is 0.179. The standard InChI is InChI=1S/C21H36N2O6/c1-14(2)8-6-5-7-9-18(26)22-17(11-24)20(28)23-16(10-15(3)4)19(27)21(12-25)13-29-21/h14,16-17,24-25H,3,5-13H2,1-2,4H3,(H,22,26)(H,23,28)/t16-,17-,21?/m0/s1. The van der Waals surface area contributed by atoms with Gasteiger partial charge in [0.2, 0.25) is 11.8 Å². The number of carbonyl (C=O) groups is 3. The Morgan fingerprint density at radius 3 is 2.24 bits per heavy atom. The molecule has 4 N–H and O–H groups in total. The molecule has 1 fully saturated rings. The summed E-state index contributed by atoms with van der Waals surface area (Å²) in [5.41, 5.74) is -0.607. The second-order valence-electron chi connectivity index (χ2n) is 8.32. The molecule has 8 heteroatoms. The van der Waals surface area contributed by atoms with Gasteiger partial charge in [0, 0.05) is 6.42 Å². The van der Waals surface area contributed by atoms with Gasteiger partial charge < -0.3 is 25.6 Å². The molecule has 1 aliphatic rings. The minimum Gasteiger partial charge on any atom is -0.394 e. The fraction of sp³-hybridized carbons (Fsp3) is 0.762. The molecular weight excluding hydrogens is 376 g/mol. The van der Waals surface area contributed by atoms with E-state index in [0.29, 0.717) is 17.9 Å². The number of ketones is 1. The minimum absolute atomic E-state index is 0.0991. The van der Waals surface area contributed by atoms with Crippen LogP contribution in [-0.2, 0) is 19.1 Å². The topological polar surface area (TPSA) is 128 Å². The number of ether oxygens (including phenoxy) is 1. The maximum Gasteiger partial charge on any atom is 0.245 e. The zero-order chi connectivity index (χ0) is 22.0. The number of amides is 2. The van der Waals surface area contributed by atoms with Gasteiger partial charge in [-0.25, -0.2) is 0 Å². The van der Waals surface area contributed by atoms with Gasteiger partial charge >= 0.3 is 0 Å². The lowest BCUT2D eigenvalue weighted by atomic mass is 9.94. The molecule has 1 heterocycles. The molecule has 0 aromatic rings. The minimum atomic E-state index is -1.28. The Labute approximate surface area is 173 Å². The second kappa shape index (κ2) is 12.0. The Morgan fingerprint density at radius 1 is 1.10 bits per heavy atom. The summed E-state index contributed by atoms with van der Waals surface area (Å²) in [6.45, 7) is 8.84. The summed E-state index contributed by atoms with van der Waals surface area (Å²) < 4.78 is 5.08. The van der Waals surface area contributed by atoms with Crippen molar-refractivity contribution < 1.29 is 29.3 Å². The Hall–Kier alpha value is -1.77. The molecular formula is C21H36N2O6. The van der Waals surface area contributed by atoms with E-state index in [0.717, 1.165) is 19.3 Å². The van der Waals surface area contributed by atoms with E-state index >= 15 is 0 Å². The third-order valence-corrected chi connectivity index (χ3v) is 4.90. The van der Waals surface area contributed by atoms with E-state index in [2.05, 4.69) is 31.1 Å². The molecule has 2 amide bonds. The van der Waals surface area contributed by atoms with Crippen molar-refractivity contribution in [3.05, 3.63) is 12.2 Å². The highest BCUT2D eigenvalue weighted by atomic mass is 16.6.